The largest absolute Gasteiger partial charge is 0.465 e. The van der Waals surface area contributed by atoms with E-state index in [4.69, 9.17) is 10.8 Å². The lowest BCUT2D eigenvalue weighted by Crippen LogP contribution is -2.51. The number of carbonyl (C=O) groups is 2. The fourth-order valence-electron chi connectivity index (χ4n) is 3.63. The molecule has 1 aliphatic carbocycles. The Morgan fingerprint density at radius 2 is 2.09 bits per heavy atom. The Hall–Kier alpha value is -1.35. The summed E-state index contributed by atoms with van der Waals surface area (Å²) >= 11 is 0. The molecule has 1 aliphatic heterocycles. The Bertz CT molecular complexity index is 565. The molecule has 0 spiro atoms. The van der Waals surface area contributed by atoms with E-state index in [9.17, 15) is 18.0 Å². The molecule has 0 radical (unpaired) electrons. The maximum absolute atomic E-state index is 12.4. The van der Waals surface area contributed by atoms with Crippen molar-refractivity contribution in [2.24, 2.45) is 11.7 Å². The molecular formula is C14H25N3O5S. The molecule has 0 aromatic rings. The van der Waals surface area contributed by atoms with Gasteiger partial charge in [0.1, 0.15) is 15.9 Å². The molecule has 8 nitrogen and oxygen atoms in total. The third kappa shape index (κ3) is 4.35. The summed E-state index contributed by atoms with van der Waals surface area (Å²) in [5.74, 6) is -0.339. The summed E-state index contributed by atoms with van der Waals surface area (Å²) in [6.07, 6.45) is 1.18. The number of hydrogen-bond donors (Lipinski definition) is 3. The first-order valence-corrected chi connectivity index (χ1v) is 9.81. The van der Waals surface area contributed by atoms with E-state index in [1.165, 1.54) is 0 Å². The second-order valence-corrected chi connectivity index (χ2v) is 8.82. The Labute approximate surface area is 136 Å². The van der Waals surface area contributed by atoms with Gasteiger partial charge in [-0.05, 0) is 31.6 Å². The predicted octanol–water partition coefficient (Wildman–Crippen LogP) is -0.214. The number of sulfone groups is 1. The van der Waals surface area contributed by atoms with E-state index in [2.05, 4.69) is 5.32 Å². The Kier molecular flexibility index (Phi) is 5.51. The molecule has 1 saturated heterocycles. The van der Waals surface area contributed by atoms with Gasteiger partial charge >= 0.3 is 6.09 Å². The molecule has 132 valence electrons. The molecule has 2 rings (SSSR count). The summed E-state index contributed by atoms with van der Waals surface area (Å²) < 4.78 is 24.0. The molecule has 9 heteroatoms. The lowest BCUT2D eigenvalue weighted by molar-refractivity contribution is -0.132. The number of carboxylic acid groups (broad SMARTS) is 1. The van der Waals surface area contributed by atoms with Gasteiger partial charge in [-0.1, -0.05) is 6.92 Å². The highest BCUT2D eigenvalue weighted by Gasteiger charge is 2.42. The van der Waals surface area contributed by atoms with Crippen LogP contribution in [-0.2, 0) is 14.6 Å². The summed E-state index contributed by atoms with van der Waals surface area (Å²) in [6, 6.07) is -0.954. The van der Waals surface area contributed by atoms with E-state index >= 15 is 0 Å². The smallest absolute Gasteiger partial charge is 0.405 e. The van der Waals surface area contributed by atoms with Gasteiger partial charge in [-0.15, -0.1) is 0 Å². The fourth-order valence-corrected chi connectivity index (χ4v) is 4.88. The van der Waals surface area contributed by atoms with Crippen molar-refractivity contribution in [3.63, 3.8) is 0 Å². The number of likely N-dealkylation sites (tertiary alicyclic amines) is 1. The summed E-state index contributed by atoms with van der Waals surface area (Å²) in [6.45, 7) is 2.06. The molecule has 23 heavy (non-hydrogen) atoms. The van der Waals surface area contributed by atoms with Crippen molar-refractivity contribution in [2.45, 2.75) is 50.7 Å². The van der Waals surface area contributed by atoms with Gasteiger partial charge in [0.2, 0.25) is 5.91 Å². The third-order valence-corrected chi connectivity index (χ3v) is 6.64. The molecule has 0 aromatic carbocycles. The van der Waals surface area contributed by atoms with Crippen LogP contribution in [0, 0.1) is 5.92 Å². The van der Waals surface area contributed by atoms with Crippen molar-refractivity contribution in [3.05, 3.63) is 0 Å². The van der Waals surface area contributed by atoms with E-state index in [1.54, 1.807) is 11.8 Å². The monoisotopic (exact) mass is 347 g/mol. The Balaban J connectivity index is 2.12. The molecule has 4 atom stereocenters. The summed E-state index contributed by atoms with van der Waals surface area (Å²) in [7, 11) is -3.16. The number of carbonyl (C=O) groups excluding carboxylic acids is 1. The van der Waals surface area contributed by atoms with Crippen molar-refractivity contribution in [2.75, 3.05) is 18.1 Å². The maximum atomic E-state index is 12.4. The average Bonchev–Trinajstić information content (AvgIpc) is 2.80. The van der Waals surface area contributed by atoms with Crippen LogP contribution in [0.2, 0.25) is 0 Å². The zero-order chi connectivity index (χ0) is 17.2. The zero-order valence-corrected chi connectivity index (χ0v) is 14.1. The van der Waals surface area contributed by atoms with Gasteiger partial charge in [0, 0.05) is 24.4 Å². The van der Waals surface area contributed by atoms with Crippen LogP contribution in [0.25, 0.3) is 0 Å². The van der Waals surface area contributed by atoms with E-state index in [1.807, 2.05) is 0 Å². The maximum Gasteiger partial charge on any atom is 0.405 e. The number of amides is 2. The summed E-state index contributed by atoms with van der Waals surface area (Å²) in [4.78, 5) is 24.8. The molecule has 1 saturated carbocycles. The third-order valence-electron chi connectivity index (χ3n) is 4.83. The molecule has 2 fully saturated rings. The lowest BCUT2D eigenvalue weighted by Gasteiger charge is -2.40. The fraction of sp³-hybridized carbons (Fsp3) is 0.857. The second-order valence-electron chi connectivity index (χ2n) is 6.42. The van der Waals surface area contributed by atoms with Gasteiger partial charge in [-0.3, -0.25) is 4.79 Å². The van der Waals surface area contributed by atoms with Gasteiger partial charge in [-0.2, -0.15) is 0 Å². The molecule has 4 N–H and O–H groups in total. The number of nitrogens with two attached hydrogens (primary N) is 1. The summed E-state index contributed by atoms with van der Waals surface area (Å²) in [5.41, 5.74) is 5.99. The van der Waals surface area contributed by atoms with Crippen LogP contribution in [0.15, 0.2) is 0 Å². The van der Waals surface area contributed by atoms with Gasteiger partial charge < -0.3 is 21.1 Å². The van der Waals surface area contributed by atoms with Crippen LogP contribution >= 0.6 is 0 Å². The molecule has 1 heterocycles. The standard InChI is InChI=1S/C14H25N3O5S/c1-2-23(21,22)8-9-7-10(15)3-4-12(9)17-6-5-11(13(17)18)16-14(19)20/h9-12,16H,2-8,15H2,1H3,(H,19,20)/t9-,10-,11+,12+/m1/s1. The SMILES string of the molecule is CCS(=O)(=O)C[C@H]1C[C@H](N)CC[C@@H]1N1CC[C@H](NC(=O)O)C1=O. The van der Waals surface area contributed by atoms with Gasteiger partial charge in [-0.25, -0.2) is 13.2 Å². The minimum absolute atomic E-state index is 0.0304. The van der Waals surface area contributed by atoms with Crippen LogP contribution in [0.1, 0.15) is 32.6 Å². The van der Waals surface area contributed by atoms with E-state index < -0.39 is 22.0 Å². The predicted molar refractivity (Wildman–Crippen MR) is 84.7 cm³/mol. The molecule has 0 bridgehead atoms. The minimum atomic E-state index is -3.16. The van der Waals surface area contributed by atoms with Crippen molar-refractivity contribution in [1.29, 1.82) is 0 Å². The van der Waals surface area contributed by atoms with Crippen molar-refractivity contribution < 1.29 is 23.1 Å². The second kappa shape index (κ2) is 7.04. The number of hydrogen-bond acceptors (Lipinski definition) is 5. The molecule has 0 unspecified atom stereocenters. The first-order valence-electron chi connectivity index (χ1n) is 7.99. The average molecular weight is 347 g/mol. The Morgan fingerprint density at radius 3 is 2.70 bits per heavy atom. The van der Waals surface area contributed by atoms with Crippen LogP contribution in [0.5, 0.6) is 0 Å². The highest BCUT2D eigenvalue weighted by atomic mass is 32.2. The zero-order valence-electron chi connectivity index (χ0n) is 13.3. The van der Waals surface area contributed by atoms with Crippen molar-refractivity contribution >= 4 is 21.8 Å². The molecular weight excluding hydrogens is 322 g/mol. The van der Waals surface area contributed by atoms with Crippen molar-refractivity contribution in [1.82, 2.24) is 10.2 Å². The highest BCUT2D eigenvalue weighted by molar-refractivity contribution is 7.91. The van der Waals surface area contributed by atoms with E-state index in [0.29, 0.717) is 25.8 Å². The summed E-state index contributed by atoms with van der Waals surface area (Å²) in [5, 5.41) is 11.0. The number of nitrogens with one attached hydrogen (secondary N) is 1. The normalized spacial score (nSPS) is 32.1. The molecule has 2 aliphatic rings. The van der Waals surface area contributed by atoms with Gasteiger partial charge in [0.25, 0.3) is 0 Å². The number of nitrogens with zero attached hydrogens (tertiary/aromatic N) is 1. The van der Waals surface area contributed by atoms with Crippen LogP contribution in [-0.4, -0.2) is 66.6 Å². The molecule has 2 amide bonds. The van der Waals surface area contributed by atoms with Gasteiger partial charge in [0.05, 0.1) is 5.75 Å². The first kappa shape index (κ1) is 18.0. The van der Waals surface area contributed by atoms with Crippen LogP contribution in [0.3, 0.4) is 0 Å². The Morgan fingerprint density at radius 1 is 1.39 bits per heavy atom. The van der Waals surface area contributed by atoms with Crippen LogP contribution < -0.4 is 11.1 Å². The lowest BCUT2D eigenvalue weighted by atomic mass is 9.82. The highest BCUT2D eigenvalue weighted by Crippen LogP contribution is 2.32. The molecule has 0 aromatic heterocycles. The quantitative estimate of drug-likeness (QED) is 0.631. The van der Waals surface area contributed by atoms with Crippen molar-refractivity contribution in [3.8, 4) is 0 Å². The van der Waals surface area contributed by atoms with E-state index in [-0.39, 0.29) is 35.4 Å². The first-order chi connectivity index (χ1) is 10.7. The number of rotatable bonds is 5. The minimum Gasteiger partial charge on any atom is -0.465 e. The van der Waals surface area contributed by atoms with Gasteiger partial charge in [0.15, 0.2) is 0 Å². The topological polar surface area (TPSA) is 130 Å². The van der Waals surface area contributed by atoms with Crippen LogP contribution in [0.4, 0.5) is 4.79 Å². The van der Waals surface area contributed by atoms with E-state index in [0.717, 1.165) is 6.42 Å².